The number of nitrogens with zero attached hydrogens (tertiary/aromatic N) is 1. The zero-order chi connectivity index (χ0) is 14.6. The molecule has 0 aliphatic rings. The van der Waals surface area contributed by atoms with Gasteiger partial charge in [-0.05, 0) is 29.3 Å². The number of methoxy groups -OCH3 is 1. The fourth-order valence-corrected chi connectivity index (χ4v) is 3.37. The zero-order valence-corrected chi connectivity index (χ0v) is 13.4. The number of hydrogen-bond donors (Lipinski definition) is 1. The molecule has 1 rings (SSSR count). The Morgan fingerprint density at radius 1 is 1.47 bits per heavy atom. The fraction of sp³-hybridized carbons (Fsp3) is 0.500. The number of rotatable bonds is 6. The molecule has 0 aromatic carbocycles. The molecule has 0 saturated carbocycles. The van der Waals surface area contributed by atoms with Crippen LogP contribution in [0.25, 0.3) is 0 Å². The average Bonchev–Trinajstić information content (AvgIpc) is 2.63. The van der Waals surface area contributed by atoms with E-state index in [1.165, 1.54) is 23.3 Å². The lowest BCUT2D eigenvalue weighted by atomic mass is 10.3. The molecule has 0 atom stereocenters. The molecule has 1 heterocycles. The molecule has 1 aromatic heterocycles. The molecule has 106 valence electrons. The molecule has 0 aliphatic heterocycles. The van der Waals surface area contributed by atoms with E-state index in [0.29, 0.717) is 23.6 Å². The van der Waals surface area contributed by atoms with E-state index >= 15 is 0 Å². The maximum Gasteiger partial charge on any atom is 0.323 e. The van der Waals surface area contributed by atoms with Gasteiger partial charge in [-0.2, -0.15) is 0 Å². The molecule has 0 radical (unpaired) electrons. The van der Waals surface area contributed by atoms with Gasteiger partial charge in [-0.3, -0.25) is 9.59 Å². The van der Waals surface area contributed by atoms with E-state index in [1.807, 2.05) is 13.8 Å². The van der Waals surface area contributed by atoms with Crippen LogP contribution in [0.5, 0.6) is 5.75 Å². The summed E-state index contributed by atoms with van der Waals surface area (Å²) in [6.07, 6.45) is 0.701. The normalized spacial score (nSPS) is 10.3. The van der Waals surface area contributed by atoms with Gasteiger partial charge in [-0.1, -0.05) is 6.92 Å². The number of thiophene rings is 1. The topological polar surface area (TPSA) is 66.8 Å². The smallest absolute Gasteiger partial charge is 0.323 e. The van der Waals surface area contributed by atoms with Gasteiger partial charge in [-0.15, -0.1) is 11.3 Å². The van der Waals surface area contributed by atoms with Gasteiger partial charge in [0.05, 0.1) is 11.6 Å². The Morgan fingerprint density at radius 2 is 2.11 bits per heavy atom. The van der Waals surface area contributed by atoms with Crippen LogP contribution in [0, 0.1) is 6.92 Å². The minimum Gasteiger partial charge on any atom is -0.494 e. The van der Waals surface area contributed by atoms with Crippen molar-refractivity contribution in [2.24, 2.45) is 0 Å². The molecule has 1 amide bonds. The lowest BCUT2D eigenvalue weighted by Gasteiger charge is -2.19. The number of halogens is 1. The van der Waals surface area contributed by atoms with Crippen molar-refractivity contribution in [3.63, 3.8) is 0 Å². The Morgan fingerprint density at radius 3 is 2.58 bits per heavy atom. The largest absolute Gasteiger partial charge is 0.494 e. The lowest BCUT2D eigenvalue weighted by Crippen LogP contribution is -2.36. The van der Waals surface area contributed by atoms with Gasteiger partial charge in [0.25, 0.3) is 5.91 Å². The predicted octanol–water partition coefficient (Wildman–Crippen LogP) is 2.76. The maximum atomic E-state index is 12.4. The highest BCUT2D eigenvalue weighted by Gasteiger charge is 2.25. The van der Waals surface area contributed by atoms with Crippen LogP contribution in [0.2, 0.25) is 0 Å². The number of carboxylic acids is 1. The number of ether oxygens (including phenoxy) is 1. The monoisotopic (exact) mass is 349 g/mol. The quantitative estimate of drug-likeness (QED) is 0.857. The first-order valence-corrected chi connectivity index (χ1v) is 7.37. The van der Waals surface area contributed by atoms with E-state index in [-0.39, 0.29) is 12.5 Å². The van der Waals surface area contributed by atoms with Crippen molar-refractivity contribution in [3.05, 3.63) is 14.2 Å². The molecular formula is C12H16BrNO4S. The van der Waals surface area contributed by atoms with Gasteiger partial charge < -0.3 is 14.7 Å². The van der Waals surface area contributed by atoms with Crippen LogP contribution in [0.4, 0.5) is 0 Å². The summed E-state index contributed by atoms with van der Waals surface area (Å²) in [7, 11) is 1.49. The summed E-state index contributed by atoms with van der Waals surface area (Å²) in [6.45, 7) is 3.87. The summed E-state index contributed by atoms with van der Waals surface area (Å²) in [5, 5.41) is 8.86. The molecule has 1 aromatic rings. The highest BCUT2D eigenvalue weighted by atomic mass is 79.9. The van der Waals surface area contributed by atoms with Gasteiger partial charge in [-0.25, -0.2) is 0 Å². The van der Waals surface area contributed by atoms with Gasteiger partial charge in [0, 0.05) is 11.4 Å². The number of hydrogen-bond acceptors (Lipinski definition) is 4. The third-order valence-electron chi connectivity index (χ3n) is 2.48. The Balaban J connectivity index is 3.08. The number of carbonyl (C=O) groups is 2. The molecule has 0 unspecified atom stereocenters. The molecule has 0 spiro atoms. The van der Waals surface area contributed by atoms with Crippen molar-refractivity contribution in [1.29, 1.82) is 0 Å². The SMILES string of the molecule is CCCN(CC(=O)O)C(=O)c1sc(C)c(Br)c1OC. The van der Waals surface area contributed by atoms with E-state index in [0.717, 1.165) is 9.35 Å². The third-order valence-corrected chi connectivity index (χ3v) is 4.77. The van der Waals surface area contributed by atoms with Crippen molar-refractivity contribution in [1.82, 2.24) is 4.90 Å². The number of aryl methyl sites for hydroxylation is 1. The van der Waals surface area contributed by atoms with E-state index in [4.69, 9.17) is 9.84 Å². The van der Waals surface area contributed by atoms with Gasteiger partial charge in [0.1, 0.15) is 11.4 Å². The Kier molecular flexibility index (Phi) is 5.81. The summed E-state index contributed by atoms with van der Waals surface area (Å²) >= 11 is 4.67. The van der Waals surface area contributed by atoms with Crippen molar-refractivity contribution in [2.45, 2.75) is 20.3 Å². The molecular weight excluding hydrogens is 334 g/mol. The Labute approximate surface area is 124 Å². The predicted molar refractivity (Wildman–Crippen MR) is 77.1 cm³/mol. The number of amides is 1. The number of carboxylic acid groups (broad SMARTS) is 1. The van der Waals surface area contributed by atoms with E-state index in [1.54, 1.807) is 0 Å². The van der Waals surface area contributed by atoms with Gasteiger partial charge >= 0.3 is 5.97 Å². The third kappa shape index (κ3) is 3.70. The minimum atomic E-state index is -1.02. The van der Waals surface area contributed by atoms with Gasteiger partial charge in [0.2, 0.25) is 0 Å². The Hall–Kier alpha value is -1.08. The van der Waals surface area contributed by atoms with Crippen LogP contribution in [0.1, 0.15) is 27.9 Å². The fourth-order valence-electron chi connectivity index (χ4n) is 1.66. The average molecular weight is 350 g/mol. The molecule has 0 saturated heterocycles. The molecule has 7 heteroatoms. The Bertz CT molecular complexity index is 486. The summed E-state index contributed by atoms with van der Waals surface area (Å²) in [6, 6.07) is 0. The second-order valence-corrected chi connectivity index (χ2v) is 5.97. The summed E-state index contributed by atoms with van der Waals surface area (Å²) in [5.74, 6) is -0.855. The van der Waals surface area contributed by atoms with Crippen LogP contribution >= 0.6 is 27.3 Å². The minimum absolute atomic E-state index is 0.301. The van der Waals surface area contributed by atoms with Crippen molar-refractivity contribution < 1.29 is 19.4 Å². The molecule has 0 bridgehead atoms. The van der Waals surface area contributed by atoms with Crippen LogP contribution < -0.4 is 4.74 Å². The summed E-state index contributed by atoms with van der Waals surface area (Å²) in [5.41, 5.74) is 0. The molecule has 0 aliphatic carbocycles. The van der Waals surface area contributed by atoms with Crippen LogP contribution in [0.3, 0.4) is 0 Å². The van der Waals surface area contributed by atoms with Crippen molar-refractivity contribution >= 4 is 39.1 Å². The van der Waals surface area contributed by atoms with Crippen LogP contribution in [-0.2, 0) is 4.79 Å². The first-order valence-electron chi connectivity index (χ1n) is 5.76. The summed E-state index contributed by atoms with van der Waals surface area (Å²) < 4.78 is 5.97. The summed E-state index contributed by atoms with van der Waals surface area (Å²) in [4.78, 5) is 25.9. The lowest BCUT2D eigenvalue weighted by molar-refractivity contribution is -0.137. The standard InChI is InChI=1S/C12H16BrNO4S/c1-4-5-14(6-8(15)16)12(17)11-10(18-3)9(13)7(2)19-11/h4-6H2,1-3H3,(H,15,16). The first kappa shape index (κ1) is 16.0. The second kappa shape index (κ2) is 6.91. The molecule has 19 heavy (non-hydrogen) atoms. The van der Waals surface area contributed by atoms with E-state index in [9.17, 15) is 9.59 Å². The second-order valence-electron chi connectivity index (χ2n) is 3.96. The zero-order valence-electron chi connectivity index (χ0n) is 11.0. The highest BCUT2D eigenvalue weighted by molar-refractivity contribution is 9.10. The molecule has 1 N–H and O–H groups in total. The van der Waals surface area contributed by atoms with E-state index in [2.05, 4.69) is 15.9 Å². The van der Waals surface area contributed by atoms with E-state index < -0.39 is 5.97 Å². The van der Waals surface area contributed by atoms with Crippen molar-refractivity contribution in [3.8, 4) is 5.75 Å². The molecule has 5 nitrogen and oxygen atoms in total. The van der Waals surface area contributed by atoms with Crippen molar-refractivity contribution in [2.75, 3.05) is 20.2 Å². The van der Waals surface area contributed by atoms with Crippen LogP contribution in [-0.4, -0.2) is 42.1 Å². The first-order chi connectivity index (χ1) is 8.92. The molecule has 0 fully saturated rings. The number of aliphatic carboxylic acids is 1. The highest BCUT2D eigenvalue weighted by Crippen LogP contribution is 2.39. The van der Waals surface area contributed by atoms with Crippen LogP contribution in [0.15, 0.2) is 4.47 Å². The maximum absolute atomic E-state index is 12.4. The number of carbonyl (C=O) groups excluding carboxylic acids is 1. The van der Waals surface area contributed by atoms with Gasteiger partial charge in [0.15, 0.2) is 5.75 Å².